The van der Waals surface area contributed by atoms with E-state index in [9.17, 15) is 18.0 Å². The predicted octanol–water partition coefficient (Wildman–Crippen LogP) is 5.47. The van der Waals surface area contributed by atoms with Gasteiger partial charge >= 0.3 is 12.3 Å². The number of rotatable bonds is 8. The second-order valence-electron chi connectivity index (χ2n) is 10.8. The molecule has 6 rings (SSSR count). The van der Waals surface area contributed by atoms with E-state index in [2.05, 4.69) is 15.3 Å². The zero-order chi connectivity index (χ0) is 30.9. The fourth-order valence-electron chi connectivity index (χ4n) is 5.08. The standard InChI is InChI=1S/C31H29F3N6O4/c1-19-27(22-13-24(31(32,33)34)28(35)36-14-22)40-26(37-19)12-11-25(39-40)21-7-9-23(10-8-21)44-18-30(16-42-17-30)38-29(41)43-15-20-5-3-2-4-6-20/h2-7,9,11-14H,8,10,15-18H2,1H3,(H2,35,36)(H,38,41). The highest BCUT2D eigenvalue weighted by Gasteiger charge is 2.42. The molecular weight excluding hydrogens is 577 g/mol. The molecule has 1 aliphatic carbocycles. The average molecular weight is 607 g/mol. The number of hydrogen-bond donors (Lipinski definition) is 2. The van der Waals surface area contributed by atoms with Gasteiger partial charge in [-0.2, -0.15) is 18.3 Å². The first-order valence-corrected chi connectivity index (χ1v) is 13.9. The number of hydrogen-bond acceptors (Lipinski definition) is 8. The summed E-state index contributed by atoms with van der Waals surface area (Å²) in [5, 5.41) is 7.59. The highest BCUT2D eigenvalue weighted by Crippen LogP contribution is 2.36. The van der Waals surface area contributed by atoms with Gasteiger partial charge in [-0.1, -0.05) is 36.4 Å². The summed E-state index contributed by atoms with van der Waals surface area (Å²) in [7, 11) is 0. The van der Waals surface area contributed by atoms with Gasteiger partial charge in [0.15, 0.2) is 5.65 Å². The van der Waals surface area contributed by atoms with Crippen LogP contribution in [-0.4, -0.2) is 51.0 Å². The molecule has 0 bridgehead atoms. The molecule has 3 N–H and O–H groups in total. The molecule has 228 valence electrons. The van der Waals surface area contributed by atoms with Crippen LogP contribution in [0.15, 0.2) is 72.6 Å². The number of carbonyl (C=O) groups is 1. The van der Waals surface area contributed by atoms with E-state index >= 15 is 0 Å². The number of anilines is 1. The van der Waals surface area contributed by atoms with E-state index in [1.807, 2.05) is 48.6 Å². The maximum Gasteiger partial charge on any atom is 0.419 e. The zero-order valence-corrected chi connectivity index (χ0v) is 23.7. The van der Waals surface area contributed by atoms with Crippen LogP contribution in [0.2, 0.25) is 0 Å². The summed E-state index contributed by atoms with van der Waals surface area (Å²) in [5.74, 6) is 0.153. The second-order valence-corrected chi connectivity index (χ2v) is 10.8. The van der Waals surface area contributed by atoms with Gasteiger partial charge in [-0.3, -0.25) is 0 Å². The lowest BCUT2D eigenvalue weighted by molar-refractivity contribution is -0.137. The number of halogens is 3. The lowest BCUT2D eigenvalue weighted by atomic mass is 9.98. The molecule has 13 heteroatoms. The Morgan fingerprint density at radius 1 is 1.14 bits per heavy atom. The van der Waals surface area contributed by atoms with Crippen molar-refractivity contribution < 1.29 is 32.2 Å². The van der Waals surface area contributed by atoms with Gasteiger partial charge in [0.2, 0.25) is 0 Å². The Kier molecular flexibility index (Phi) is 7.72. The van der Waals surface area contributed by atoms with Crippen molar-refractivity contribution in [1.82, 2.24) is 24.9 Å². The van der Waals surface area contributed by atoms with Gasteiger partial charge < -0.3 is 25.3 Å². The largest absolute Gasteiger partial charge is 0.495 e. The highest BCUT2D eigenvalue weighted by molar-refractivity contribution is 5.71. The minimum atomic E-state index is -4.65. The molecule has 1 saturated heterocycles. The van der Waals surface area contributed by atoms with E-state index < -0.39 is 29.2 Å². The van der Waals surface area contributed by atoms with Gasteiger partial charge in [0.05, 0.1) is 41.6 Å². The summed E-state index contributed by atoms with van der Waals surface area (Å²) in [5.41, 5.74) is 7.88. The number of nitrogen functional groups attached to an aromatic ring is 1. The molecule has 0 saturated carbocycles. The number of alkyl carbamates (subject to hydrolysis) is 1. The lowest BCUT2D eigenvalue weighted by Gasteiger charge is -2.41. The molecule has 1 amide bonds. The van der Waals surface area contributed by atoms with E-state index in [1.54, 1.807) is 13.0 Å². The van der Waals surface area contributed by atoms with Crippen molar-refractivity contribution in [2.45, 2.75) is 38.1 Å². The van der Waals surface area contributed by atoms with Crippen molar-refractivity contribution in [1.29, 1.82) is 0 Å². The molecule has 1 aliphatic heterocycles. The molecule has 4 heterocycles. The SMILES string of the molecule is Cc1nc2ccc(C3=CC=C(OCC4(NC(=O)OCc5ccccc5)COC4)CC3)nn2c1-c1cnc(N)c(C(F)(F)F)c1. The molecule has 0 spiro atoms. The smallest absolute Gasteiger partial charge is 0.419 e. The Labute approximate surface area is 250 Å². The van der Waals surface area contributed by atoms with Gasteiger partial charge in [-0.05, 0) is 48.8 Å². The first-order chi connectivity index (χ1) is 21.1. The van der Waals surface area contributed by atoms with Crippen LogP contribution in [0, 0.1) is 6.92 Å². The number of amides is 1. The number of fused-ring (bicyclic) bond motifs is 1. The number of nitrogens with one attached hydrogen (secondary N) is 1. The van der Waals surface area contributed by atoms with Crippen molar-refractivity contribution >= 4 is 23.1 Å². The molecular formula is C31H29F3N6O4. The molecule has 1 fully saturated rings. The normalized spacial score (nSPS) is 16.1. The van der Waals surface area contributed by atoms with Crippen molar-refractivity contribution in [3.05, 3.63) is 95.2 Å². The Morgan fingerprint density at radius 2 is 1.93 bits per heavy atom. The third kappa shape index (κ3) is 6.09. The number of carbonyl (C=O) groups excluding carboxylic acids is 1. The zero-order valence-electron chi connectivity index (χ0n) is 23.7. The minimum absolute atomic E-state index is 0.161. The fourth-order valence-corrected chi connectivity index (χ4v) is 5.08. The molecule has 1 aromatic carbocycles. The number of benzene rings is 1. The number of pyridine rings is 1. The lowest BCUT2D eigenvalue weighted by Crippen LogP contribution is -2.65. The highest BCUT2D eigenvalue weighted by atomic mass is 19.4. The van der Waals surface area contributed by atoms with E-state index in [-0.39, 0.29) is 18.8 Å². The predicted molar refractivity (Wildman–Crippen MR) is 155 cm³/mol. The van der Waals surface area contributed by atoms with Crippen molar-refractivity contribution in [2.24, 2.45) is 0 Å². The first kappa shape index (κ1) is 29.2. The van der Waals surface area contributed by atoms with E-state index in [4.69, 9.17) is 25.0 Å². The molecule has 3 aromatic heterocycles. The number of aryl methyl sites for hydroxylation is 1. The Morgan fingerprint density at radius 3 is 2.61 bits per heavy atom. The van der Waals surface area contributed by atoms with Crippen LogP contribution in [0.3, 0.4) is 0 Å². The second kappa shape index (κ2) is 11.6. The number of nitrogens with zero attached hydrogens (tertiary/aromatic N) is 4. The van der Waals surface area contributed by atoms with Crippen molar-refractivity contribution in [3.8, 4) is 11.3 Å². The van der Waals surface area contributed by atoms with Gasteiger partial charge in [-0.15, -0.1) is 0 Å². The Bertz CT molecular complexity index is 1760. The van der Waals surface area contributed by atoms with E-state index in [1.165, 1.54) is 10.7 Å². The summed E-state index contributed by atoms with van der Waals surface area (Å²) in [4.78, 5) is 20.7. The number of nitrogens with two attached hydrogens (primary N) is 1. The molecule has 4 aromatic rings. The molecule has 10 nitrogen and oxygen atoms in total. The van der Waals surface area contributed by atoms with Crippen LogP contribution in [0.25, 0.3) is 22.5 Å². The van der Waals surface area contributed by atoms with E-state index in [0.29, 0.717) is 48.8 Å². The summed E-state index contributed by atoms with van der Waals surface area (Å²) in [6.45, 7) is 2.71. The molecule has 0 radical (unpaired) electrons. The van der Waals surface area contributed by atoms with Crippen LogP contribution in [-0.2, 0) is 27.0 Å². The number of imidazole rings is 1. The third-order valence-electron chi connectivity index (χ3n) is 7.46. The van der Waals surface area contributed by atoms with E-state index in [0.717, 1.165) is 23.0 Å². The van der Waals surface area contributed by atoms with Gasteiger partial charge in [0.1, 0.15) is 24.6 Å². The quantitative estimate of drug-likeness (QED) is 0.270. The number of ether oxygens (including phenoxy) is 3. The average Bonchev–Trinajstić information content (AvgIpc) is 3.32. The molecule has 44 heavy (non-hydrogen) atoms. The van der Waals surface area contributed by atoms with Crippen LogP contribution < -0.4 is 11.1 Å². The van der Waals surface area contributed by atoms with Gasteiger partial charge in [0.25, 0.3) is 0 Å². The van der Waals surface area contributed by atoms with Crippen molar-refractivity contribution in [2.75, 3.05) is 25.6 Å². The Balaban J connectivity index is 1.14. The fraction of sp³-hybridized carbons (Fsp3) is 0.290. The summed E-state index contributed by atoms with van der Waals surface area (Å²) in [6.07, 6.45) is 1.06. The van der Waals surface area contributed by atoms with Crippen LogP contribution in [0.5, 0.6) is 0 Å². The van der Waals surface area contributed by atoms with Crippen LogP contribution >= 0.6 is 0 Å². The van der Waals surface area contributed by atoms with Crippen LogP contribution in [0.1, 0.15) is 35.4 Å². The minimum Gasteiger partial charge on any atom is -0.495 e. The molecule has 0 unspecified atom stereocenters. The topological polar surface area (TPSA) is 126 Å². The Hall–Kier alpha value is -4.91. The number of alkyl halides is 3. The summed E-state index contributed by atoms with van der Waals surface area (Å²) in [6, 6.07) is 14.0. The van der Waals surface area contributed by atoms with Gasteiger partial charge in [0, 0.05) is 18.2 Å². The summed E-state index contributed by atoms with van der Waals surface area (Å²) < 4.78 is 58.8. The monoisotopic (exact) mass is 606 g/mol. The van der Waals surface area contributed by atoms with Crippen molar-refractivity contribution in [3.63, 3.8) is 0 Å². The van der Waals surface area contributed by atoms with Crippen LogP contribution in [0.4, 0.5) is 23.8 Å². The maximum atomic E-state index is 13.5. The first-order valence-electron chi connectivity index (χ1n) is 13.9. The summed E-state index contributed by atoms with van der Waals surface area (Å²) >= 11 is 0. The van der Waals surface area contributed by atoms with Gasteiger partial charge in [-0.25, -0.2) is 19.3 Å². The molecule has 0 atom stereocenters. The maximum absolute atomic E-state index is 13.5. The third-order valence-corrected chi connectivity index (χ3v) is 7.46. The number of aromatic nitrogens is 4. The molecule has 2 aliphatic rings. The number of allylic oxidation sites excluding steroid dienone is 4.